The van der Waals surface area contributed by atoms with Crippen LogP contribution in [0, 0.1) is 0 Å². The summed E-state index contributed by atoms with van der Waals surface area (Å²) < 4.78 is 11.0. The fourth-order valence-electron chi connectivity index (χ4n) is 2.49. The van der Waals surface area contributed by atoms with Crippen LogP contribution in [0.5, 0.6) is 5.75 Å². The van der Waals surface area contributed by atoms with Crippen LogP contribution >= 0.6 is 0 Å². The Bertz CT molecular complexity index is 621. The van der Waals surface area contributed by atoms with E-state index in [2.05, 4.69) is 0 Å². The van der Waals surface area contributed by atoms with E-state index in [1.807, 2.05) is 54.6 Å². The summed E-state index contributed by atoms with van der Waals surface area (Å²) in [5, 5.41) is 0. The minimum atomic E-state index is 0.00571. The number of benzene rings is 2. The molecule has 0 unspecified atom stereocenters. The molecule has 0 atom stereocenters. The van der Waals surface area contributed by atoms with Gasteiger partial charge in [0.1, 0.15) is 5.75 Å². The largest absolute Gasteiger partial charge is 0.483 e. The van der Waals surface area contributed by atoms with Gasteiger partial charge in [-0.25, -0.2) is 0 Å². The van der Waals surface area contributed by atoms with Crippen molar-refractivity contribution in [1.82, 2.24) is 4.90 Å². The van der Waals surface area contributed by atoms with Crippen LogP contribution in [0.4, 0.5) is 0 Å². The SMILES string of the molecule is O=C(COc1ccccc1-c1ccccc1)N1CCOCC1. The summed E-state index contributed by atoms with van der Waals surface area (Å²) in [5.41, 5.74) is 2.08. The molecule has 4 nitrogen and oxygen atoms in total. The van der Waals surface area contributed by atoms with Crippen LogP contribution in [0.25, 0.3) is 11.1 Å². The van der Waals surface area contributed by atoms with E-state index in [0.717, 1.165) is 16.9 Å². The van der Waals surface area contributed by atoms with Gasteiger partial charge in [0, 0.05) is 18.7 Å². The van der Waals surface area contributed by atoms with Crippen LogP contribution in [0.15, 0.2) is 54.6 Å². The molecule has 2 aromatic rings. The van der Waals surface area contributed by atoms with Crippen molar-refractivity contribution in [3.05, 3.63) is 54.6 Å². The minimum Gasteiger partial charge on any atom is -0.483 e. The van der Waals surface area contributed by atoms with E-state index < -0.39 is 0 Å². The Kier molecular flexibility index (Phi) is 4.71. The average molecular weight is 297 g/mol. The fraction of sp³-hybridized carbons (Fsp3) is 0.278. The third-order valence-electron chi connectivity index (χ3n) is 3.69. The van der Waals surface area contributed by atoms with Gasteiger partial charge in [0.2, 0.25) is 0 Å². The molecule has 3 rings (SSSR count). The third-order valence-corrected chi connectivity index (χ3v) is 3.69. The molecule has 0 saturated carbocycles. The van der Waals surface area contributed by atoms with Crippen molar-refractivity contribution in [2.75, 3.05) is 32.9 Å². The molecule has 1 aliphatic heterocycles. The second-order valence-electron chi connectivity index (χ2n) is 5.14. The molecule has 1 saturated heterocycles. The molecule has 0 radical (unpaired) electrons. The molecule has 2 aromatic carbocycles. The van der Waals surface area contributed by atoms with Gasteiger partial charge in [-0.2, -0.15) is 0 Å². The van der Waals surface area contributed by atoms with Gasteiger partial charge < -0.3 is 14.4 Å². The first kappa shape index (κ1) is 14.6. The van der Waals surface area contributed by atoms with Gasteiger partial charge in [-0.1, -0.05) is 48.5 Å². The molecule has 0 spiro atoms. The molecule has 0 bridgehead atoms. The molecule has 1 fully saturated rings. The second kappa shape index (κ2) is 7.09. The highest BCUT2D eigenvalue weighted by molar-refractivity contribution is 5.78. The highest BCUT2D eigenvalue weighted by Crippen LogP contribution is 2.29. The van der Waals surface area contributed by atoms with Gasteiger partial charge >= 0.3 is 0 Å². The zero-order valence-corrected chi connectivity index (χ0v) is 12.4. The number of amides is 1. The maximum Gasteiger partial charge on any atom is 0.260 e. The summed E-state index contributed by atoms with van der Waals surface area (Å²) in [6.07, 6.45) is 0. The topological polar surface area (TPSA) is 38.8 Å². The predicted octanol–water partition coefficient (Wildman–Crippen LogP) is 2.59. The van der Waals surface area contributed by atoms with E-state index in [9.17, 15) is 4.79 Å². The van der Waals surface area contributed by atoms with Gasteiger partial charge in [-0.15, -0.1) is 0 Å². The summed E-state index contributed by atoms with van der Waals surface area (Å²) in [6.45, 7) is 2.55. The first-order valence-electron chi connectivity index (χ1n) is 7.47. The Morgan fingerprint density at radius 2 is 1.68 bits per heavy atom. The number of hydrogen-bond acceptors (Lipinski definition) is 3. The van der Waals surface area contributed by atoms with Gasteiger partial charge in [0.15, 0.2) is 6.61 Å². The number of hydrogen-bond donors (Lipinski definition) is 0. The van der Waals surface area contributed by atoms with E-state index in [1.165, 1.54) is 0 Å². The molecule has 4 heteroatoms. The number of morpholine rings is 1. The quantitative estimate of drug-likeness (QED) is 0.870. The monoisotopic (exact) mass is 297 g/mol. The Morgan fingerprint density at radius 1 is 1.00 bits per heavy atom. The minimum absolute atomic E-state index is 0.00571. The molecule has 0 N–H and O–H groups in total. The Balaban J connectivity index is 1.69. The van der Waals surface area contributed by atoms with Crippen molar-refractivity contribution in [3.8, 4) is 16.9 Å². The number of carbonyl (C=O) groups excluding carboxylic acids is 1. The molecule has 1 amide bonds. The Labute approximate surface area is 130 Å². The van der Waals surface area contributed by atoms with Gasteiger partial charge in [-0.05, 0) is 11.6 Å². The molecule has 114 valence electrons. The standard InChI is InChI=1S/C18H19NO3/c20-18(19-10-12-21-13-11-19)14-22-17-9-5-4-8-16(17)15-6-2-1-3-7-15/h1-9H,10-14H2. The zero-order chi connectivity index (χ0) is 15.2. The lowest BCUT2D eigenvalue weighted by molar-refractivity contribution is -0.137. The number of rotatable bonds is 4. The van der Waals surface area contributed by atoms with Gasteiger partial charge in [0.25, 0.3) is 5.91 Å². The van der Waals surface area contributed by atoms with Crippen molar-refractivity contribution in [2.24, 2.45) is 0 Å². The molecule has 0 aliphatic carbocycles. The molecule has 0 aromatic heterocycles. The third kappa shape index (κ3) is 3.46. The number of para-hydroxylation sites is 1. The highest BCUT2D eigenvalue weighted by Gasteiger charge is 2.17. The van der Waals surface area contributed by atoms with E-state index in [0.29, 0.717) is 26.3 Å². The molecule has 1 heterocycles. The van der Waals surface area contributed by atoms with Crippen LogP contribution in [0.2, 0.25) is 0 Å². The van der Waals surface area contributed by atoms with Crippen LogP contribution in [0.1, 0.15) is 0 Å². The maximum atomic E-state index is 12.2. The van der Waals surface area contributed by atoms with Crippen molar-refractivity contribution >= 4 is 5.91 Å². The number of nitrogens with zero attached hydrogens (tertiary/aromatic N) is 1. The second-order valence-corrected chi connectivity index (χ2v) is 5.14. The zero-order valence-electron chi connectivity index (χ0n) is 12.4. The lowest BCUT2D eigenvalue weighted by Crippen LogP contribution is -2.43. The smallest absolute Gasteiger partial charge is 0.260 e. The van der Waals surface area contributed by atoms with Crippen molar-refractivity contribution in [1.29, 1.82) is 0 Å². The summed E-state index contributed by atoms with van der Waals surface area (Å²) in [4.78, 5) is 14.0. The van der Waals surface area contributed by atoms with E-state index in [4.69, 9.17) is 9.47 Å². The van der Waals surface area contributed by atoms with Crippen LogP contribution in [-0.2, 0) is 9.53 Å². The summed E-state index contributed by atoms with van der Waals surface area (Å²) in [7, 11) is 0. The van der Waals surface area contributed by atoms with Crippen molar-refractivity contribution in [3.63, 3.8) is 0 Å². The van der Waals surface area contributed by atoms with Crippen LogP contribution in [-0.4, -0.2) is 43.7 Å². The normalized spacial score (nSPS) is 14.6. The van der Waals surface area contributed by atoms with Crippen LogP contribution < -0.4 is 4.74 Å². The van der Waals surface area contributed by atoms with E-state index >= 15 is 0 Å². The molecular formula is C18H19NO3. The highest BCUT2D eigenvalue weighted by atomic mass is 16.5. The Morgan fingerprint density at radius 3 is 2.45 bits per heavy atom. The van der Waals surface area contributed by atoms with Gasteiger partial charge in [-0.3, -0.25) is 4.79 Å². The summed E-state index contributed by atoms with van der Waals surface area (Å²) in [6, 6.07) is 17.8. The molecule has 1 aliphatic rings. The molecular weight excluding hydrogens is 278 g/mol. The maximum absolute atomic E-state index is 12.2. The van der Waals surface area contributed by atoms with E-state index in [-0.39, 0.29) is 12.5 Å². The molecule has 22 heavy (non-hydrogen) atoms. The number of ether oxygens (including phenoxy) is 2. The van der Waals surface area contributed by atoms with E-state index in [1.54, 1.807) is 4.90 Å². The number of carbonyl (C=O) groups is 1. The lowest BCUT2D eigenvalue weighted by atomic mass is 10.1. The fourth-order valence-corrected chi connectivity index (χ4v) is 2.49. The predicted molar refractivity (Wildman–Crippen MR) is 84.8 cm³/mol. The van der Waals surface area contributed by atoms with Crippen LogP contribution in [0.3, 0.4) is 0 Å². The summed E-state index contributed by atoms with van der Waals surface area (Å²) in [5.74, 6) is 0.737. The Hall–Kier alpha value is -2.33. The summed E-state index contributed by atoms with van der Waals surface area (Å²) >= 11 is 0. The first-order chi connectivity index (χ1) is 10.8. The van der Waals surface area contributed by atoms with Gasteiger partial charge in [0.05, 0.1) is 13.2 Å². The average Bonchev–Trinajstić information content (AvgIpc) is 2.61. The van der Waals surface area contributed by atoms with Crippen molar-refractivity contribution in [2.45, 2.75) is 0 Å². The van der Waals surface area contributed by atoms with Crippen molar-refractivity contribution < 1.29 is 14.3 Å². The lowest BCUT2D eigenvalue weighted by Gasteiger charge is -2.26. The first-order valence-corrected chi connectivity index (χ1v) is 7.47.